The van der Waals surface area contributed by atoms with Crippen molar-refractivity contribution >= 4 is 5.97 Å². The number of carbonyl (C=O) groups excluding carboxylic acids is 1. The summed E-state index contributed by atoms with van der Waals surface area (Å²) in [6.07, 6.45) is 0.124. The van der Waals surface area contributed by atoms with Crippen molar-refractivity contribution in [2.75, 3.05) is 26.2 Å². The molecule has 94 valence electrons. The van der Waals surface area contributed by atoms with Gasteiger partial charge in [-0.1, -0.05) is 13.8 Å². The maximum atomic E-state index is 11.6. The number of piperidine rings is 1. The molecule has 1 rings (SSSR count). The summed E-state index contributed by atoms with van der Waals surface area (Å²) < 4.78 is 4.98. The molecule has 4 heteroatoms. The van der Waals surface area contributed by atoms with Gasteiger partial charge in [-0.15, -0.1) is 0 Å². The zero-order chi connectivity index (χ0) is 12.1. The maximum Gasteiger partial charge on any atom is 0.312 e. The molecule has 0 aliphatic carbocycles. The fourth-order valence-corrected chi connectivity index (χ4v) is 2.17. The predicted molar refractivity (Wildman–Crippen MR) is 62.0 cm³/mol. The molecule has 0 amide bonds. The van der Waals surface area contributed by atoms with E-state index in [-0.39, 0.29) is 11.9 Å². The Hall–Kier alpha value is -0.610. The van der Waals surface area contributed by atoms with Gasteiger partial charge in [0.1, 0.15) is 0 Å². The van der Waals surface area contributed by atoms with Gasteiger partial charge in [0.15, 0.2) is 0 Å². The van der Waals surface area contributed by atoms with Crippen molar-refractivity contribution < 1.29 is 14.6 Å². The Labute approximate surface area is 97.6 Å². The summed E-state index contributed by atoms with van der Waals surface area (Å²) in [5.74, 6) is -0.0472. The van der Waals surface area contributed by atoms with Gasteiger partial charge in [-0.05, 0) is 19.3 Å². The van der Waals surface area contributed by atoms with Gasteiger partial charge in [0.2, 0.25) is 0 Å². The number of nitrogens with zero attached hydrogens (tertiary/aromatic N) is 1. The Balaban J connectivity index is 2.51. The molecule has 0 aromatic carbocycles. The Morgan fingerprint density at radius 3 is 2.81 bits per heavy atom. The zero-order valence-corrected chi connectivity index (χ0v) is 10.5. The lowest BCUT2D eigenvalue weighted by Gasteiger charge is -2.35. The van der Waals surface area contributed by atoms with Crippen molar-refractivity contribution in [3.05, 3.63) is 0 Å². The molecular weight excluding hydrogens is 206 g/mol. The van der Waals surface area contributed by atoms with Gasteiger partial charge in [-0.2, -0.15) is 0 Å². The van der Waals surface area contributed by atoms with Crippen molar-refractivity contribution in [3.8, 4) is 0 Å². The molecule has 1 aliphatic heterocycles. The molecule has 1 saturated heterocycles. The largest absolute Gasteiger partial charge is 0.466 e. The lowest BCUT2D eigenvalue weighted by atomic mass is 9.94. The molecule has 1 heterocycles. The minimum atomic E-state index is -0.539. The van der Waals surface area contributed by atoms with Gasteiger partial charge < -0.3 is 14.7 Å². The third kappa shape index (κ3) is 3.76. The number of hydrogen-bond acceptors (Lipinski definition) is 4. The Kier molecular flexibility index (Phi) is 5.22. The summed E-state index contributed by atoms with van der Waals surface area (Å²) in [6, 6.07) is 0. The second-order valence-electron chi connectivity index (χ2n) is 4.87. The molecule has 0 spiro atoms. The van der Waals surface area contributed by atoms with Crippen LogP contribution in [-0.4, -0.2) is 48.3 Å². The van der Waals surface area contributed by atoms with Gasteiger partial charge in [0.05, 0.1) is 18.6 Å². The summed E-state index contributed by atoms with van der Waals surface area (Å²) >= 11 is 0. The number of hydrogen-bond donors (Lipinski definition) is 1. The number of aliphatic hydroxyl groups excluding tert-OH is 1. The van der Waals surface area contributed by atoms with E-state index >= 15 is 0 Å². The van der Waals surface area contributed by atoms with Crippen LogP contribution in [0.3, 0.4) is 0 Å². The third-order valence-electron chi connectivity index (χ3n) is 2.87. The first-order valence-electron chi connectivity index (χ1n) is 6.11. The molecular formula is C12H23NO3. The van der Waals surface area contributed by atoms with E-state index in [0.717, 1.165) is 13.1 Å². The Morgan fingerprint density at radius 2 is 2.25 bits per heavy atom. The monoisotopic (exact) mass is 229 g/mol. The highest BCUT2D eigenvalue weighted by atomic mass is 16.5. The molecule has 0 bridgehead atoms. The SMILES string of the molecule is CCOC(=O)C1CN(CC(C)C)CCC1O. The van der Waals surface area contributed by atoms with E-state index in [9.17, 15) is 9.90 Å². The highest BCUT2D eigenvalue weighted by Crippen LogP contribution is 2.19. The van der Waals surface area contributed by atoms with Crippen LogP contribution in [0.1, 0.15) is 27.2 Å². The number of esters is 1. The summed E-state index contributed by atoms with van der Waals surface area (Å²) in [7, 11) is 0. The highest BCUT2D eigenvalue weighted by molar-refractivity contribution is 5.73. The van der Waals surface area contributed by atoms with Crippen molar-refractivity contribution in [1.29, 1.82) is 0 Å². The molecule has 1 fully saturated rings. The van der Waals surface area contributed by atoms with E-state index in [0.29, 0.717) is 25.5 Å². The van der Waals surface area contributed by atoms with E-state index in [1.807, 2.05) is 0 Å². The molecule has 2 unspecified atom stereocenters. The number of carbonyl (C=O) groups is 1. The molecule has 2 atom stereocenters. The van der Waals surface area contributed by atoms with Crippen LogP contribution in [0.2, 0.25) is 0 Å². The first kappa shape index (κ1) is 13.5. The maximum absolute atomic E-state index is 11.6. The van der Waals surface area contributed by atoms with E-state index in [1.165, 1.54) is 0 Å². The van der Waals surface area contributed by atoms with E-state index in [4.69, 9.17) is 4.74 Å². The average molecular weight is 229 g/mol. The zero-order valence-electron chi connectivity index (χ0n) is 10.5. The van der Waals surface area contributed by atoms with Gasteiger partial charge in [-0.25, -0.2) is 0 Å². The van der Waals surface area contributed by atoms with Crippen LogP contribution in [-0.2, 0) is 9.53 Å². The number of rotatable bonds is 4. The van der Waals surface area contributed by atoms with Crippen molar-refractivity contribution in [2.24, 2.45) is 11.8 Å². The third-order valence-corrected chi connectivity index (χ3v) is 2.87. The molecule has 0 aromatic rings. The topological polar surface area (TPSA) is 49.8 Å². The highest BCUT2D eigenvalue weighted by Gasteiger charge is 2.34. The molecule has 4 nitrogen and oxygen atoms in total. The molecule has 0 saturated carbocycles. The summed E-state index contributed by atoms with van der Waals surface area (Å²) in [6.45, 7) is 8.95. The Morgan fingerprint density at radius 1 is 1.56 bits per heavy atom. The predicted octanol–water partition coefficient (Wildman–Crippen LogP) is 0.888. The lowest BCUT2D eigenvalue weighted by molar-refractivity contribution is -0.155. The normalized spacial score (nSPS) is 27.1. The van der Waals surface area contributed by atoms with Crippen LogP contribution in [0.5, 0.6) is 0 Å². The van der Waals surface area contributed by atoms with Crippen LogP contribution in [0, 0.1) is 11.8 Å². The summed E-state index contributed by atoms with van der Waals surface area (Å²) in [4.78, 5) is 13.9. The fraction of sp³-hybridized carbons (Fsp3) is 0.917. The second-order valence-corrected chi connectivity index (χ2v) is 4.87. The number of ether oxygens (including phenoxy) is 1. The van der Waals surface area contributed by atoms with Crippen LogP contribution >= 0.6 is 0 Å². The van der Waals surface area contributed by atoms with E-state index in [1.54, 1.807) is 6.92 Å². The fourth-order valence-electron chi connectivity index (χ4n) is 2.17. The molecule has 0 aromatic heterocycles. The number of aliphatic hydroxyl groups is 1. The standard InChI is InChI=1S/C12H23NO3/c1-4-16-12(15)10-8-13(7-9(2)3)6-5-11(10)14/h9-11,14H,4-8H2,1-3H3. The van der Waals surface area contributed by atoms with Crippen molar-refractivity contribution in [1.82, 2.24) is 4.90 Å². The summed E-state index contributed by atoms with van der Waals surface area (Å²) in [5.41, 5.74) is 0. The lowest BCUT2D eigenvalue weighted by Crippen LogP contribution is -2.48. The molecule has 0 radical (unpaired) electrons. The minimum Gasteiger partial charge on any atom is -0.466 e. The van der Waals surface area contributed by atoms with Gasteiger partial charge in [0, 0.05) is 19.6 Å². The molecule has 1 aliphatic rings. The van der Waals surface area contributed by atoms with Crippen LogP contribution in [0.25, 0.3) is 0 Å². The Bertz CT molecular complexity index is 230. The van der Waals surface area contributed by atoms with E-state index in [2.05, 4.69) is 18.7 Å². The average Bonchev–Trinajstić information content (AvgIpc) is 2.20. The molecule has 16 heavy (non-hydrogen) atoms. The quantitative estimate of drug-likeness (QED) is 0.727. The minimum absolute atomic E-state index is 0.261. The second kappa shape index (κ2) is 6.21. The first-order valence-corrected chi connectivity index (χ1v) is 6.11. The number of likely N-dealkylation sites (tertiary alicyclic amines) is 1. The van der Waals surface area contributed by atoms with Crippen LogP contribution in [0.4, 0.5) is 0 Å². The van der Waals surface area contributed by atoms with Crippen LogP contribution < -0.4 is 0 Å². The molecule has 1 N–H and O–H groups in total. The van der Waals surface area contributed by atoms with Crippen molar-refractivity contribution in [2.45, 2.75) is 33.3 Å². The van der Waals surface area contributed by atoms with E-state index < -0.39 is 6.10 Å². The van der Waals surface area contributed by atoms with Gasteiger partial charge >= 0.3 is 5.97 Å². The van der Waals surface area contributed by atoms with Gasteiger partial charge in [0.25, 0.3) is 0 Å². The van der Waals surface area contributed by atoms with Crippen LogP contribution in [0.15, 0.2) is 0 Å². The van der Waals surface area contributed by atoms with Crippen molar-refractivity contribution in [3.63, 3.8) is 0 Å². The smallest absolute Gasteiger partial charge is 0.312 e. The summed E-state index contributed by atoms with van der Waals surface area (Å²) in [5, 5.41) is 9.79. The van der Waals surface area contributed by atoms with Gasteiger partial charge in [-0.3, -0.25) is 4.79 Å². The first-order chi connectivity index (χ1) is 7.54.